The molecule has 0 spiro atoms. The minimum Gasteiger partial charge on any atom is -0.492 e. The number of ether oxygens (including phenoxy) is 3. The smallest absolute Gasteiger partial charge is 0.293 e. The lowest BCUT2D eigenvalue weighted by Crippen LogP contribution is -2.32. The van der Waals surface area contributed by atoms with Gasteiger partial charge in [0.15, 0.2) is 0 Å². The molecule has 2 amide bonds. The van der Waals surface area contributed by atoms with E-state index < -0.39 is 0 Å². The maximum Gasteiger partial charge on any atom is 0.293 e. The molecule has 1 fully saturated rings. The van der Waals surface area contributed by atoms with Gasteiger partial charge in [-0.3, -0.25) is 14.5 Å². The monoisotopic (exact) mass is 461 g/mol. The van der Waals surface area contributed by atoms with Gasteiger partial charge in [-0.2, -0.15) is 0 Å². The van der Waals surface area contributed by atoms with Gasteiger partial charge in [-0.25, -0.2) is 0 Å². The van der Waals surface area contributed by atoms with Crippen LogP contribution in [0.15, 0.2) is 89.8 Å². The predicted octanol–water partition coefficient (Wildman–Crippen LogP) is 5.26. The second-order valence-corrected chi connectivity index (χ2v) is 8.07. The van der Waals surface area contributed by atoms with Crippen molar-refractivity contribution in [3.63, 3.8) is 0 Å². The minimum atomic E-state index is -0.306. The maximum atomic E-state index is 12.6. The number of para-hydroxylation sites is 2. The zero-order chi connectivity index (χ0) is 22.9. The molecule has 0 aliphatic carbocycles. The molecule has 0 atom stereocenters. The number of nitrogens with zero attached hydrogens (tertiary/aromatic N) is 1. The third-order valence-corrected chi connectivity index (χ3v) is 5.65. The molecule has 7 heteroatoms. The first-order valence-corrected chi connectivity index (χ1v) is 11.3. The van der Waals surface area contributed by atoms with Gasteiger partial charge < -0.3 is 14.2 Å². The van der Waals surface area contributed by atoms with Crippen molar-refractivity contribution in [2.24, 2.45) is 0 Å². The van der Waals surface area contributed by atoms with Gasteiger partial charge in [0.2, 0.25) is 0 Å². The summed E-state index contributed by atoms with van der Waals surface area (Å²) in [5.74, 6) is 1.90. The highest BCUT2D eigenvalue weighted by Crippen LogP contribution is 2.32. The standard InChI is InChI=1S/C26H23NO5S/c28-25-24(33-26(29)27(25)15-16-30-21-7-3-1-4-8-21)19-20-11-13-23(14-12-20)32-18-17-31-22-9-5-2-6-10-22/h1-14,19H,15-18H2/b24-19-. The fourth-order valence-corrected chi connectivity index (χ4v) is 3.98. The molecule has 3 aromatic carbocycles. The summed E-state index contributed by atoms with van der Waals surface area (Å²) in [6, 6.07) is 26.2. The average molecular weight is 462 g/mol. The van der Waals surface area contributed by atoms with Crippen molar-refractivity contribution in [1.82, 2.24) is 4.90 Å². The van der Waals surface area contributed by atoms with Crippen molar-refractivity contribution in [3.8, 4) is 17.2 Å². The van der Waals surface area contributed by atoms with E-state index in [1.807, 2.05) is 84.9 Å². The van der Waals surface area contributed by atoms with E-state index in [1.165, 1.54) is 4.90 Å². The molecule has 1 saturated heterocycles. The van der Waals surface area contributed by atoms with Crippen LogP contribution in [-0.4, -0.2) is 42.4 Å². The van der Waals surface area contributed by atoms with E-state index in [4.69, 9.17) is 14.2 Å². The fraction of sp³-hybridized carbons (Fsp3) is 0.154. The Morgan fingerprint density at radius 2 is 1.18 bits per heavy atom. The summed E-state index contributed by atoms with van der Waals surface area (Å²) >= 11 is 0.937. The lowest BCUT2D eigenvalue weighted by atomic mass is 10.2. The van der Waals surface area contributed by atoms with E-state index in [9.17, 15) is 9.59 Å². The Morgan fingerprint density at radius 1 is 0.667 bits per heavy atom. The molecular weight excluding hydrogens is 438 g/mol. The van der Waals surface area contributed by atoms with Crippen LogP contribution in [0.4, 0.5) is 4.79 Å². The Kier molecular flexibility index (Phi) is 7.66. The van der Waals surface area contributed by atoms with Gasteiger partial charge in [0, 0.05) is 0 Å². The molecule has 1 heterocycles. The number of rotatable bonds is 10. The molecule has 4 rings (SSSR count). The zero-order valence-corrected chi connectivity index (χ0v) is 18.7. The largest absolute Gasteiger partial charge is 0.492 e. The topological polar surface area (TPSA) is 65.1 Å². The van der Waals surface area contributed by atoms with E-state index in [0.717, 1.165) is 23.1 Å². The molecule has 0 N–H and O–H groups in total. The second-order valence-electron chi connectivity index (χ2n) is 7.07. The van der Waals surface area contributed by atoms with Gasteiger partial charge in [-0.05, 0) is 59.8 Å². The third kappa shape index (κ3) is 6.40. The SMILES string of the molecule is O=C1S/C(=C\c2ccc(OCCOc3ccccc3)cc2)C(=O)N1CCOc1ccccc1. The van der Waals surface area contributed by atoms with E-state index in [1.54, 1.807) is 6.08 Å². The van der Waals surface area contributed by atoms with Crippen LogP contribution in [-0.2, 0) is 4.79 Å². The summed E-state index contributed by atoms with van der Waals surface area (Å²) in [5.41, 5.74) is 0.814. The van der Waals surface area contributed by atoms with Gasteiger partial charge in [-0.15, -0.1) is 0 Å². The van der Waals surface area contributed by atoms with Crippen molar-refractivity contribution in [2.45, 2.75) is 0 Å². The van der Waals surface area contributed by atoms with E-state index >= 15 is 0 Å². The lowest BCUT2D eigenvalue weighted by Gasteiger charge is -2.13. The van der Waals surface area contributed by atoms with Crippen LogP contribution in [0, 0.1) is 0 Å². The van der Waals surface area contributed by atoms with Gasteiger partial charge in [0.1, 0.15) is 37.1 Å². The van der Waals surface area contributed by atoms with Gasteiger partial charge >= 0.3 is 0 Å². The summed E-state index contributed by atoms with van der Waals surface area (Å²) in [6.45, 7) is 1.30. The Morgan fingerprint density at radius 3 is 1.76 bits per heavy atom. The molecule has 0 unspecified atom stereocenters. The van der Waals surface area contributed by atoms with Crippen molar-refractivity contribution < 1.29 is 23.8 Å². The average Bonchev–Trinajstić information content (AvgIpc) is 3.11. The number of thioether (sulfide) groups is 1. The molecule has 0 bridgehead atoms. The molecule has 1 aliphatic rings. The highest BCUT2D eigenvalue weighted by molar-refractivity contribution is 8.18. The lowest BCUT2D eigenvalue weighted by molar-refractivity contribution is -0.123. The number of carbonyl (C=O) groups is 2. The quantitative estimate of drug-likeness (QED) is 0.303. The Balaban J connectivity index is 1.25. The van der Waals surface area contributed by atoms with Crippen molar-refractivity contribution in [1.29, 1.82) is 0 Å². The van der Waals surface area contributed by atoms with Gasteiger partial charge in [-0.1, -0.05) is 48.5 Å². The minimum absolute atomic E-state index is 0.203. The van der Waals surface area contributed by atoms with Crippen LogP contribution in [0.3, 0.4) is 0 Å². The number of hydrogen-bond acceptors (Lipinski definition) is 6. The van der Waals surface area contributed by atoms with E-state index in [0.29, 0.717) is 29.6 Å². The van der Waals surface area contributed by atoms with Crippen LogP contribution in [0.5, 0.6) is 17.2 Å². The van der Waals surface area contributed by atoms with Crippen molar-refractivity contribution in [3.05, 3.63) is 95.4 Å². The fourth-order valence-electron chi connectivity index (χ4n) is 3.11. The maximum absolute atomic E-state index is 12.6. The number of hydrogen-bond donors (Lipinski definition) is 0. The number of carbonyl (C=O) groups excluding carboxylic acids is 2. The Bertz CT molecular complexity index is 1100. The van der Waals surface area contributed by atoms with E-state index in [2.05, 4.69) is 0 Å². The highest BCUT2D eigenvalue weighted by atomic mass is 32.2. The molecule has 33 heavy (non-hydrogen) atoms. The van der Waals surface area contributed by atoms with Crippen LogP contribution in [0.25, 0.3) is 6.08 Å². The molecule has 0 radical (unpaired) electrons. The first-order valence-electron chi connectivity index (χ1n) is 10.5. The normalized spacial score (nSPS) is 14.5. The molecule has 1 aliphatic heterocycles. The molecule has 0 saturated carbocycles. The molecule has 0 aromatic heterocycles. The molecule has 3 aromatic rings. The van der Waals surface area contributed by atoms with E-state index in [-0.39, 0.29) is 24.3 Å². The van der Waals surface area contributed by atoms with Gasteiger partial charge in [0.25, 0.3) is 11.1 Å². The Labute approximate surface area is 196 Å². The number of imide groups is 1. The number of benzene rings is 3. The third-order valence-electron chi connectivity index (χ3n) is 4.74. The van der Waals surface area contributed by atoms with Crippen molar-refractivity contribution in [2.75, 3.05) is 26.4 Å². The van der Waals surface area contributed by atoms with Crippen LogP contribution in [0.2, 0.25) is 0 Å². The first-order chi connectivity index (χ1) is 16.2. The molecule has 6 nitrogen and oxygen atoms in total. The summed E-state index contributed by atoms with van der Waals surface area (Å²) in [5, 5.41) is -0.290. The van der Waals surface area contributed by atoms with Crippen molar-refractivity contribution >= 4 is 29.0 Å². The predicted molar refractivity (Wildman–Crippen MR) is 128 cm³/mol. The summed E-state index contributed by atoms with van der Waals surface area (Å²) in [4.78, 5) is 26.5. The highest BCUT2D eigenvalue weighted by Gasteiger charge is 2.34. The van der Waals surface area contributed by atoms with Crippen LogP contribution < -0.4 is 14.2 Å². The van der Waals surface area contributed by atoms with Gasteiger partial charge in [0.05, 0.1) is 11.4 Å². The first kappa shape index (κ1) is 22.5. The van der Waals surface area contributed by atoms with Crippen LogP contribution >= 0.6 is 11.8 Å². The zero-order valence-electron chi connectivity index (χ0n) is 17.9. The Hall–Kier alpha value is -3.71. The van der Waals surface area contributed by atoms with Crippen LogP contribution in [0.1, 0.15) is 5.56 Å². The summed E-state index contributed by atoms with van der Waals surface area (Å²) in [6.07, 6.45) is 1.71. The number of amides is 2. The molecular formula is C26H23NO5S. The second kappa shape index (κ2) is 11.2. The summed E-state index contributed by atoms with van der Waals surface area (Å²) < 4.78 is 16.9. The summed E-state index contributed by atoms with van der Waals surface area (Å²) in [7, 11) is 0. The molecule has 168 valence electrons.